The topological polar surface area (TPSA) is 54.3 Å². The van der Waals surface area contributed by atoms with Crippen LogP contribution < -0.4 is 10.6 Å². The molecule has 0 unspecified atom stereocenters. The minimum atomic E-state index is -0.426. The highest BCUT2D eigenvalue weighted by molar-refractivity contribution is 7.16. The summed E-state index contributed by atoms with van der Waals surface area (Å²) >= 11 is 14.2. The quantitative estimate of drug-likeness (QED) is 0.395. The van der Waals surface area contributed by atoms with E-state index in [0.717, 1.165) is 41.8 Å². The summed E-state index contributed by atoms with van der Waals surface area (Å²) in [5, 5.41) is 8.44. The lowest BCUT2D eigenvalue weighted by Crippen LogP contribution is -2.38. The number of nitrogens with one attached hydrogen (secondary N) is 2. The molecule has 1 aliphatic heterocycles. The molecule has 5 rings (SSSR count). The first-order valence-corrected chi connectivity index (χ1v) is 12.6. The summed E-state index contributed by atoms with van der Waals surface area (Å²) in [6, 6.07) is 9.16. The third kappa shape index (κ3) is 3.64. The number of benzene rings is 1. The Kier molecular flexibility index (Phi) is 5.55. The van der Waals surface area contributed by atoms with Gasteiger partial charge in [-0.2, -0.15) is 0 Å². The van der Waals surface area contributed by atoms with E-state index in [1.807, 2.05) is 24.3 Å². The molecule has 4 nitrogen and oxygen atoms in total. The Labute approximate surface area is 202 Å². The Bertz CT molecular complexity index is 1200. The van der Waals surface area contributed by atoms with Gasteiger partial charge in [0.05, 0.1) is 15.6 Å². The molecule has 0 fully saturated rings. The van der Waals surface area contributed by atoms with Crippen LogP contribution in [0.3, 0.4) is 0 Å². The molecule has 168 valence electrons. The van der Waals surface area contributed by atoms with Crippen LogP contribution in [-0.4, -0.2) is 5.91 Å². The fourth-order valence-corrected chi connectivity index (χ4v) is 6.49. The number of furan rings is 1. The summed E-state index contributed by atoms with van der Waals surface area (Å²) in [5.74, 6) is 1.86. The molecule has 1 amide bonds. The number of amides is 1. The lowest BCUT2D eigenvalue weighted by molar-refractivity contribution is 0.0930. The summed E-state index contributed by atoms with van der Waals surface area (Å²) < 4.78 is 6.07. The van der Waals surface area contributed by atoms with Gasteiger partial charge < -0.3 is 15.1 Å². The lowest BCUT2D eigenvalue weighted by atomic mass is 9.69. The highest BCUT2D eigenvalue weighted by atomic mass is 35.5. The van der Waals surface area contributed by atoms with Gasteiger partial charge >= 0.3 is 0 Å². The molecule has 0 saturated carbocycles. The second kappa shape index (κ2) is 8.12. The molecule has 0 radical (unpaired) electrons. The Morgan fingerprint density at radius 1 is 1.19 bits per heavy atom. The second-order valence-corrected chi connectivity index (χ2v) is 11.2. The molecule has 3 heterocycles. The van der Waals surface area contributed by atoms with Crippen molar-refractivity contribution in [2.75, 3.05) is 5.32 Å². The van der Waals surface area contributed by atoms with E-state index in [4.69, 9.17) is 27.6 Å². The van der Waals surface area contributed by atoms with E-state index in [1.165, 1.54) is 10.4 Å². The molecule has 2 aliphatic rings. The van der Waals surface area contributed by atoms with Gasteiger partial charge in [-0.05, 0) is 60.4 Å². The highest BCUT2D eigenvalue weighted by Gasteiger charge is 2.38. The average molecular weight is 489 g/mol. The Morgan fingerprint density at radius 2 is 2.00 bits per heavy atom. The van der Waals surface area contributed by atoms with Gasteiger partial charge in [0.1, 0.15) is 16.5 Å². The van der Waals surface area contributed by atoms with Crippen molar-refractivity contribution in [2.24, 2.45) is 11.3 Å². The standard InChI is InChI=1S/C25H26Cl2N2O2S/c1-4-25(2,3)13-8-9-15-19(12-13)32-24-20(15)23(30)28-22(29-24)18-11-10-17(31-18)14-6-5-7-16(26)21(14)27/h5-7,10-11,13,22,29H,4,8-9,12H2,1-3H3,(H,28,30)/t13-,22-/m1/s1. The van der Waals surface area contributed by atoms with Gasteiger partial charge in [-0.1, -0.05) is 56.5 Å². The minimum Gasteiger partial charge on any atom is -0.457 e. The van der Waals surface area contributed by atoms with Gasteiger partial charge in [-0.3, -0.25) is 4.79 Å². The third-order valence-corrected chi connectivity index (χ3v) is 9.19. The van der Waals surface area contributed by atoms with E-state index in [0.29, 0.717) is 32.9 Å². The summed E-state index contributed by atoms with van der Waals surface area (Å²) in [4.78, 5) is 14.4. The van der Waals surface area contributed by atoms with Crippen molar-refractivity contribution in [1.82, 2.24) is 5.32 Å². The molecule has 32 heavy (non-hydrogen) atoms. The molecule has 0 saturated heterocycles. The SMILES string of the molecule is CCC(C)(C)[C@@H]1CCc2c(sc3c2C(=O)N[C@@H](c2ccc(-c4cccc(Cl)c4Cl)o2)N3)C1. The number of fused-ring (bicyclic) bond motifs is 3. The van der Waals surface area contributed by atoms with Crippen LogP contribution in [0.5, 0.6) is 0 Å². The van der Waals surface area contributed by atoms with Gasteiger partial charge in [0.15, 0.2) is 6.17 Å². The summed E-state index contributed by atoms with van der Waals surface area (Å²) in [5.41, 5.74) is 3.08. The van der Waals surface area contributed by atoms with E-state index >= 15 is 0 Å². The number of carbonyl (C=O) groups excluding carboxylic acids is 1. The zero-order valence-electron chi connectivity index (χ0n) is 18.4. The van der Waals surface area contributed by atoms with Gasteiger partial charge in [-0.15, -0.1) is 11.3 Å². The van der Waals surface area contributed by atoms with Gasteiger partial charge in [0.25, 0.3) is 5.91 Å². The van der Waals surface area contributed by atoms with Crippen LogP contribution in [0.1, 0.15) is 66.3 Å². The first-order valence-electron chi connectivity index (χ1n) is 11.0. The van der Waals surface area contributed by atoms with E-state index < -0.39 is 6.17 Å². The molecule has 2 atom stereocenters. The predicted octanol–water partition coefficient (Wildman–Crippen LogP) is 7.71. The highest BCUT2D eigenvalue weighted by Crippen LogP contribution is 2.47. The van der Waals surface area contributed by atoms with Gasteiger partial charge in [-0.25, -0.2) is 0 Å². The zero-order valence-corrected chi connectivity index (χ0v) is 20.7. The van der Waals surface area contributed by atoms with E-state index in [2.05, 4.69) is 31.4 Å². The van der Waals surface area contributed by atoms with Crippen molar-refractivity contribution in [1.29, 1.82) is 0 Å². The molecule has 1 aromatic carbocycles. The zero-order chi connectivity index (χ0) is 22.6. The van der Waals surface area contributed by atoms with Crippen LogP contribution in [-0.2, 0) is 12.8 Å². The number of halogens is 2. The molecule has 7 heteroatoms. The molecule has 2 N–H and O–H groups in total. The Morgan fingerprint density at radius 3 is 2.78 bits per heavy atom. The van der Waals surface area contributed by atoms with Crippen molar-refractivity contribution in [3.63, 3.8) is 0 Å². The van der Waals surface area contributed by atoms with Gasteiger partial charge in [0, 0.05) is 10.4 Å². The molecule has 0 bridgehead atoms. The summed E-state index contributed by atoms with van der Waals surface area (Å²) in [7, 11) is 0. The van der Waals surface area contributed by atoms with E-state index in [9.17, 15) is 4.79 Å². The van der Waals surface area contributed by atoms with Crippen LogP contribution in [0.2, 0.25) is 10.0 Å². The Hall–Kier alpha value is -1.95. The summed E-state index contributed by atoms with van der Waals surface area (Å²) in [6.07, 6.45) is 3.88. The smallest absolute Gasteiger partial charge is 0.256 e. The largest absolute Gasteiger partial charge is 0.457 e. The van der Waals surface area contributed by atoms with Crippen LogP contribution >= 0.6 is 34.5 Å². The predicted molar refractivity (Wildman–Crippen MR) is 132 cm³/mol. The fraction of sp³-hybridized carbons (Fsp3) is 0.400. The fourth-order valence-electron chi connectivity index (χ4n) is 4.74. The van der Waals surface area contributed by atoms with E-state index in [-0.39, 0.29) is 5.91 Å². The monoisotopic (exact) mass is 488 g/mol. The summed E-state index contributed by atoms with van der Waals surface area (Å²) in [6.45, 7) is 6.98. The normalized spacial score (nSPS) is 20.3. The van der Waals surface area contributed by atoms with Crippen LogP contribution in [0.25, 0.3) is 11.3 Å². The molecular formula is C25H26Cl2N2O2S. The Balaban J connectivity index is 1.41. The van der Waals surface area contributed by atoms with Crippen LogP contribution in [0, 0.1) is 11.3 Å². The number of hydrogen-bond acceptors (Lipinski definition) is 4. The molecule has 0 spiro atoms. The van der Waals surface area contributed by atoms with Crippen molar-refractivity contribution in [2.45, 2.75) is 52.6 Å². The lowest BCUT2D eigenvalue weighted by Gasteiger charge is -2.36. The number of thiophene rings is 1. The maximum absolute atomic E-state index is 13.1. The molecule has 3 aromatic rings. The number of anilines is 1. The van der Waals surface area contributed by atoms with Crippen LogP contribution in [0.15, 0.2) is 34.7 Å². The molecule has 1 aliphatic carbocycles. The van der Waals surface area contributed by atoms with E-state index in [1.54, 1.807) is 17.4 Å². The first kappa shape index (κ1) is 21.9. The molecule has 2 aromatic heterocycles. The maximum Gasteiger partial charge on any atom is 0.256 e. The first-order chi connectivity index (χ1) is 15.3. The molecular weight excluding hydrogens is 463 g/mol. The average Bonchev–Trinajstić information content (AvgIpc) is 3.40. The van der Waals surface area contributed by atoms with Crippen molar-refractivity contribution in [3.8, 4) is 11.3 Å². The van der Waals surface area contributed by atoms with Gasteiger partial charge in [0.2, 0.25) is 0 Å². The number of hydrogen-bond donors (Lipinski definition) is 2. The minimum absolute atomic E-state index is 0.0341. The second-order valence-electron chi connectivity index (χ2n) is 9.34. The third-order valence-electron chi connectivity index (χ3n) is 7.19. The van der Waals surface area contributed by atoms with Crippen molar-refractivity contribution in [3.05, 3.63) is 62.1 Å². The number of carbonyl (C=O) groups is 1. The maximum atomic E-state index is 13.1. The van der Waals surface area contributed by atoms with Crippen molar-refractivity contribution < 1.29 is 9.21 Å². The number of rotatable bonds is 4. The van der Waals surface area contributed by atoms with Crippen LogP contribution in [0.4, 0.5) is 5.00 Å². The van der Waals surface area contributed by atoms with Crippen molar-refractivity contribution >= 4 is 45.4 Å².